The molecule has 0 saturated carbocycles. The standard InChI is InChI=1S/C25H17Cl2FN2O4S/c26-16-5-2-6-17(12-16)29-23(31)13-30-24(32)22(35-25(30)33)11-15-4-1-7-18(10-15)34-14-19-20(27)8-3-9-21(19)28/h1-12H,13-14H2,(H,29,31)/b22-11+. The fourth-order valence-corrected chi connectivity index (χ4v) is 4.46. The van der Waals surface area contributed by atoms with Gasteiger partial charge in [0.25, 0.3) is 11.1 Å². The lowest BCUT2D eigenvalue weighted by Gasteiger charge is -2.12. The number of rotatable bonds is 7. The first-order valence-electron chi connectivity index (χ1n) is 10.3. The highest BCUT2D eigenvalue weighted by Crippen LogP contribution is 2.33. The van der Waals surface area contributed by atoms with Gasteiger partial charge in [0.2, 0.25) is 5.91 Å². The van der Waals surface area contributed by atoms with Crippen molar-refractivity contribution in [1.82, 2.24) is 4.90 Å². The second-order valence-electron chi connectivity index (χ2n) is 7.39. The van der Waals surface area contributed by atoms with Crippen LogP contribution in [-0.4, -0.2) is 28.5 Å². The highest BCUT2D eigenvalue weighted by Gasteiger charge is 2.36. The predicted molar refractivity (Wildman–Crippen MR) is 135 cm³/mol. The third-order valence-corrected chi connectivity index (χ3v) is 6.38. The molecule has 6 nitrogen and oxygen atoms in total. The highest BCUT2D eigenvalue weighted by atomic mass is 35.5. The fourth-order valence-electron chi connectivity index (χ4n) is 3.22. The van der Waals surface area contributed by atoms with Gasteiger partial charge in [-0.15, -0.1) is 0 Å². The number of halogens is 3. The second kappa shape index (κ2) is 10.9. The summed E-state index contributed by atoms with van der Waals surface area (Å²) >= 11 is 12.7. The van der Waals surface area contributed by atoms with E-state index in [9.17, 15) is 18.8 Å². The van der Waals surface area contributed by atoms with E-state index < -0.39 is 29.4 Å². The molecular formula is C25H17Cl2FN2O4S. The van der Waals surface area contributed by atoms with Crippen LogP contribution in [0.2, 0.25) is 10.0 Å². The van der Waals surface area contributed by atoms with E-state index in [1.807, 2.05) is 0 Å². The molecule has 0 atom stereocenters. The zero-order valence-corrected chi connectivity index (χ0v) is 20.3. The monoisotopic (exact) mass is 530 g/mol. The van der Waals surface area contributed by atoms with Crippen molar-refractivity contribution in [2.24, 2.45) is 0 Å². The third kappa shape index (κ3) is 6.22. The summed E-state index contributed by atoms with van der Waals surface area (Å²) in [6.07, 6.45) is 1.53. The van der Waals surface area contributed by atoms with Crippen molar-refractivity contribution in [2.75, 3.05) is 11.9 Å². The molecule has 0 radical (unpaired) electrons. The molecule has 1 N–H and O–H groups in total. The summed E-state index contributed by atoms with van der Waals surface area (Å²) in [6, 6.07) is 17.7. The minimum Gasteiger partial charge on any atom is -0.489 e. The Morgan fingerprint density at radius 2 is 1.83 bits per heavy atom. The van der Waals surface area contributed by atoms with Crippen molar-refractivity contribution in [3.05, 3.63) is 98.6 Å². The van der Waals surface area contributed by atoms with Gasteiger partial charge in [-0.2, -0.15) is 0 Å². The SMILES string of the molecule is O=C(CN1C(=O)S/C(=C/c2cccc(OCc3c(F)cccc3Cl)c2)C1=O)Nc1cccc(Cl)c1. The number of amides is 3. The number of hydrogen-bond acceptors (Lipinski definition) is 5. The molecule has 3 aromatic rings. The molecule has 35 heavy (non-hydrogen) atoms. The molecule has 0 bridgehead atoms. The molecule has 0 aromatic heterocycles. The zero-order valence-electron chi connectivity index (χ0n) is 18.0. The Kier molecular flexibility index (Phi) is 7.75. The molecule has 1 saturated heterocycles. The van der Waals surface area contributed by atoms with Gasteiger partial charge < -0.3 is 10.1 Å². The second-order valence-corrected chi connectivity index (χ2v) is 9.22. The topological polar surface area (TPSA) is 75.7 Å². The Labute approximate surface area is 214 Å². The van der Waals surface area contributed by atoms with Crippen molar-refractivity contribution in [2.45, 2.75) is 6.61 Å². The summed E-state index contributed by atoms with van der Waals surface area (Å²) in [5.41, 5.74) is 1.28. The van der Waals surface area contributed by atoms with Crippen LogP contribution >= 0.6 is 35.0 Å². The number of anilines is 1. The van der Waals surface area contributed by atoms with E-state index in [0.29, 0.717) is 22.0 Å². The number of carbonyl (C=O) groups is 3. The lowest BCUT2D eigenvalue weighted by atomic mass is 10.2. The lowest BCUT2D eigenvalue weighted by molar-refractivity contribution is -0.127. The first kappa shape index (κ1) is 24.8. The molecule has 1 fully saturated rings. The van der Waals surface area contributed by atoms with Crippen molar-refractivity contribution >= 4 is 63.8 Å². The summed E-state index contributed by atoms with van der Waals surface area (Å²) in [5.74, 6) is -1.15. The van der Waals surface area contributed by atoms with Crippen LogP contribution in [0.5, 0.6) is 5.75 Å². The maximum absolute atomic E-state index is 14.0. The van der Waals surface area contributed by atoms with Crippen molar-refractivity contribution in [1.29, 1.82) is 0 Å². The van der Waals surface area contributed by atoms with Gasteiger partial charge in [-0.25, -0.2) is 4.39 Å². The number of nitrogens with one attached hydrogen (secondary N) is 1. The Balaban J connectivity index is 1.42. The number of ether oxygens (including phenoxy) is 1. The Morgan fingerprint density at radius 1 is 1.06 bits per heavy atom. The largest absolute Gasteiger partial charge is 0.489 e. The van der Waals surface area contributed by atoms with Gasteiger partial charge in [0.1, 0.15) is 24.7 Å². The summed E-state index contributed by atoms with van der Waals surface area (Å²) in [6.45, 7) is -0.506. The van der Waals surface area contributed by atoms with Crippen LogP contribution < -0.4 is 10.1 Å². The summed E-state index contributed by atoms with van der Waals surface area (Å²) in [5, 5.41) is 2.76. The Hall–Kier alpha value is -3.33. The zero-order chi connectivity index (χ0) is 24.9. The van der Waals surface area contributed by atoms with Crippen LogP contribution in [-0.2, 0) is 16.2 Å². The Morgan fingerprint density at radius 3 is 2.60 bits per heavy atom. The quantitative estimate of drug-likeness (QED) is 0.358. The van der Waals surface area contributed by atoms with Crippen LogP contribution in [0, 0.1) is 5.82 Å². The Bertz CT molecular complexity index is 1330. The van der Waals surface area contributed by atoms with Crippen molar-refractivity contribution in [3.8, 4) is 5.75 Å². The van der Waals surface area contributed by atoms with Gasteiger partial charge in [0, 0.05) is 16.3 Å². The van der Waals surface area contributed by atoms with Gasteiger partial charge in [-0.05, 0) is 65.9 Å². The number of benzene rings is 3. The van der Waals surface area contributed by atoms with E-state index in [1.165, 1.54) is 18.2 Å². The van der Waals surface area contributed by atoms with Crippen LogP contribution in [0.4, 0.5) is 14.9 Å². The number of nitrogens with zero attached hydrogens (tertiary/aromatic N) is 1. The van der Waals surface area contributed by atoms with Crippen molar-refractivity contribution < 1.29 is 23.5 Å². The number of hydrogen-bond donors (Lipinski definition) is 1. The summed E-state index contributed by atoms with van der Waals surface area (Å²) in [4.78, 5) is 38.5. The van der Waals surface area contributed by atoms with Crippen LogP contribution in [0.25, 0.3) is 6.08 Å². The minimum atomic E-state index is -0.578. The van der Waals surface area contributed by atoms with E-state index in [-0.39, 0.29) is 22.1 Å². The average molecular weight is 531 g/mol. The van der Waals surface area contributed by atoms with Crippen molar-refractivity contribution in [3.63, 3.8) is 0 Å². The number of carbonyl (C=O) groups excluding carboxylic acids is 3. The normalized spacial score (nSPS) is 14.5. The molecule has 178 valence electrons. The first-order chi connectivity index (χ1) is 16.8. The van der Waals surface area contributed by atoms with E-state index in [1.54, 1.807) is 54.6 Å². The average Bonchev–Trinajstić information content (AvgIpc) is 3.06. The van der Waals surface area contributed by atoms with Crippen LogP contribution in [0.1, 0.15) is 11.1 Å². The molecular weight excluding hydrogens is 514 g/mol. The molecule has 1 aliphatic heterocycles. The third-order valence-electron chi connectivity index (χ3n) is 4.88. The molecule has 3 amide bonds. The molecule has 10 heteroatoms. The number of imide groups is 1. The van der Waals surface area contributed by atoms with Crippen LogP contribution in [0.15, 0.2) is 71.6 Å². The molecule has 4 rings (SSSR count). The molecule has 0 spiro atoms. The summed E-state index contributed by atoms with van der Waals surface area (Å²) in [7, 11) is 0. The van der Waals surface area contributed by atoms with Gasteiger partial charge in [0.05, 0.1) is 9.93 Å². The summed E-state index contributed by atoms with van der Waals surface area (Å²) < 4.78 is 19.6. The van der Waals surface area contributed by atoms with E-state index in [4.69, 9.17) is 27.9 Å². The van der Waals surface area contributed by atoms with Gasteiger partial charge in [0.15, 0.2) is 0 Å². The van der Waals surface area contributed by atoms with Crippen LogP contribution in [0.3, 0.4) is 0 Å². The van der Waals surface area contributed by atoms with Gasteiger partial charge >= 0.3 is 0 Å². The van der Waals surface area contributed by atoms with Gasteiger partial charge in [-0.3, -0.25) is 19.3 Å². The lowest BCUT2D eigenvalue weighted by Crippen LogP contribution is -2.36. The maximum Gasteiger partial charge on any atom is 0.294 e. The molecule has 3 aromatic carbocycles. The molecule has 1 aliphatic rings. The van der Waals surface area contributed by atoms with E-state index in [0.717, 1.165) is 16.7 Å². The van der Waals surface area contributed by atoms with E-state index in [2.05, 4.69) is 5.32 Å². The van der Waals surface area contributed by atoms with E-state index >= 15 is 0 Å². The van der Waals surface area contributed by atoms with Gasteiger partial charge in [-0.1, -0.05) is 47.5 Å². The first-order valence-corrected chi connectivity index (χ1v) is 11.8. The predicted octanol–water partition coefficient (Wildman–Crippen LogP) is 6.39. The number of thioether (sulfide) groups is 1. The molecule has 1 heterocycles. The smallest absolute Gasteiger partial charge is 0.294 e. The maximum atomic E-state index is 14.0. The molecule has 0 unspecified atom stereocenters. The minimum absolute atomic E-state index is 0.0762. The fraction of sp³-hybridized carbons (Fsp3) is 0.0800. The molecule has 0 aliphatic carbocycles. The highest BCUT2D eigenvalue weighted by molar-refractivity contribution is 8.18.